The molecular formula is C26H24O3. The van der Waals surface area contributed by atoms with E-state index >= 15 is 0 Å². The van der Waals surface area contributed by atoms with Crippen LogP contribution in [0.1, 0.15) is 52.6 Å². The van der Waals surface area contributed by atoms with Crippen LogP contribution in [-0.2, 0) is 5.41 Å². The predicted octanol–water partition coefficient (Wildman–Crippen LogP) is 6.10. The molecule has 0 fully saturated rings. The van der Waals surface area contributed by atoms with E-state index < -0.39 is 5.97 Å². The highest BCUT2D eigenvalue weighted by molar-refractivity contribution is 6.06. The van der Waals surface area contributed by atoms with E-state index in [1.54, 1.807) is 54.6 Å². The van der Waals surface area contributed by atoms with E-state index in [4.69, 9.17) is 4.74 Å². The zero-order chi connectivity index (χ0) is 20.9. The second kappa shape index (κ2) is 8.70. The standard InChI is InChI=1S/C26H24O3/c1-26(2,3)22-14-12-21(13-15-22)25(28)29-23-16-9-19(10-17-23)11-18-24(27)20-7-5-4-6-8-20/h4-18H,1-3H3/b18-11-. The molecule has 0 radical (unpaired) electrons. The van der Waals surface area contributed by atoms with Gasteiger partial charge in [-0.1, -0.05) is 81.4 Å². The first-order valence-electron chi connectivity index (χ1n) is 9.53. The summed E-state index contributed by atoms with van der Waals surface area (Å²) < 4.78 is 5.45. The largest absolute Gasteiger partial charge is 0.423 e. The molecule has 0 aliphatic heterocycles. The molecule has 0 saturated heterocycles. The van der Waals surface area contributed by atoms with Gasteiger partial charge in [-0.3, -0.25) is 4.79 Å². The molecule has 0 aliphatic rings. The molecule has 146 valence electrons. The number of hydrogen-bond donors (Lipinski definition) is 0. The van der Waals surface area contributed by atoms with Crippen molar-refractivity contribution in [3.63, 3.8) is 0 Å². The first-order valence-corrected chi connectivity index (χ1v) is 9.53. The lowest BCUT2D eigenvalue weighted by Crippen LogP contribution is -2.12. The van der Waals surface area contributed by atoms with Gasteiger partial charge >= 0.3 is 5.97 Å². The quantitative estimate of drug-likeness (QED) is 0.231. The summed E-state index contributed by atoms with van der Waals surface area (Å²) in [5.41, 5.74) is 3.20. The van der Waals surface area contributed by atoms with Gasteiger partial charge in [-0.2, -0.15) is 0 Å². The third-order valence-electron chi connectivity index (χ3n) is 4.56. The van der Waals surface area contributed by atoms with Gasteiger partial charge in [0.1, 0.15) is 5.75 Å². The molecule has 0 heterocycles. The highest BCUT2D eigenvalue weighted by Crippen LogP contribution is 2.23. The van der Waals surface area contributed by atoms with E-state index in [2.05, 4.69) is 20.8 Å². The molecule has 0 atom stereocenters. The Morgan fingerprint density at radius 3 is 1.97 bits per heavy atom. The summed E-state index contributed by atoms with van der Waals surface area (Å²) in [6.07, 6.45) is 3.28. The van der Waals surface area contributed by atoms with E-state index in [1.807, 2.05) is 30.3 Å². The molecule has 0 aromatic heterocycles. The highest BCUT2D eigenvalue weighted by atomic mass is 16.5. The fourth-order valence-electron chi connectivity index (χ4n) is 2.79. The molecular weight excluding hydrogens is 360 g/mol. The minimum Gasteiger partial charge on any atom is -0.423 e. The number of allylic oxidation sites excluding steroid dienone is 1. The number of ether oxygens (including phenoxy) is 1. The summed E-state index contributed by atoms with van der Waals surface area (Å²) in [6, 6.07) is 23.6. The third kappa shape index (κ3) is 5.52. The maximum Gasteiger partial charge on any atom is 0.343 e. The number of carbonyl (C=O) groups excluding carboxylic acids is 2. The Hall–Kier alpha value is -3.46. The minimum atomic E-state index is -0.395. The summed E-state index contributed by atoms with van der Waals surface area (Å²) in [5.74, 6) is 0.00856. The molecule has 0 N–H and O–H groups in total. The summed E-state index contributed by atoms with van der Waals surface area (Å²) in [6.45, 7) is 6.39. The maximum absolute atomic E-state index is 12.4. The topological polar surface area (TPSA) is 43.4 Å². The third-order valence-corrected chi connectivity index (χ3v) is 4.56. The maximum atomic E-state index is 12.4. The predicted molar refractivity (Wildman–Crippen MR) is 116 cm³/mol. The lowest BCUT2D eigenvalue weighted by Gasteiger charge is -2.18. The van der Waals surface area contributed by atoms with E-state index in [1.165, 1.54) is 6.08 Å². The van der Waals surface area contributed by atoms with Gasteiger partial charge in [0, 0.05) is 5.56 Å². The van der Waals surface area contributed by atoms with Crippen molar-refractivity contribution >= 4 is 17.8 Å². The number of carbonyl (C=O) groups is 2. The van der Waals surface area contributed by atoms with Crippen molar-refractivity contribution in [2.45, 2.75) is 26.2 Å². The molecule has 0 amide bonds. The molecule has 3 heteroatoms. The van der Waals surface area contributed by atoms with E-state index in [-0.39, 0.29) is 11.2 Å². The van der Waals surface area contributed by atoms with E-state index in [0.717, 1.165) is 11.1 Å². The average Bonchev–Trinajstić information content (AvgIpc) is 2.73. The molecule has 0 spiro atoms. The fraction of sp³-hybridized carbons (Fsp3) is 0.154. The first kappa shape index (κ1) is 20.3. The Labute approximate surface area is 171 Å². The molecule has 0 saturated carbocycles. The summed E-state index contributed by atoms with van der Waals surface area (Å²) in [7, 11) is 0. The van der Waals surface area contributed by atoms with Crippen molar-refractivity contribution in [2.75, 3.05) is 0 Å². The Kier molecular flexibility index (Phi) is 6.08. The monoisotopic (exact) mass is 384 g/mol. The van der Waals surface area contributed by atoms with Gasteiger partial charge in [-0.25, -0.2) is 4.79 Å². The van der Waals surface area contributed by atoms with E-state index in [9.17, 15) is 9.59 Å². The van der Waals surface area contributed by atoms with Crippen LogP contribution in [0.25, 0.3) is 6.08 Å². The molecule has 0 unspecified atom stereocenters. The number of esters is 1. The van der Waals surface area contributed by atoms with Gasteiger partial charge in [0.2, 0.25) is 0 Å². The van der Waals surface area contributed by atoms with Gasteiger partial charge < -0.3 is 4.74 Å². The van der Waals surface area contributed by atoms with Crippen LogP contribution in [0.2, 0.25) is 0 Å². The van der Waals surface area contributed by atoms with Crippen LogP contribution >= 0.6 is 0 Å². The normalized spacial score (nSPS) is 11.4. The second-order valence-corrected chi connectivity index (χ2v) is 7.85. The zero-order valence-corrected chi connectivity index (χ0v) is 16.9. The summed E-state index contributed by atoms with van der Waals surface area (Å²) in [4.78, 5) is 24.5. The average molecular weight is 384 g/mol. The Bertz CT molecular complexity index is 1010. The lowest BCUT2D eigenvalue weighted by molar-refractivity contribution is 0.0734. The van der Waals surface area contributed by atoms with Crippen molar-refractivity contribution in [3.8, 4) is 5.75 Å². The van der Waals surface area contributed by atoms with Crippen LogP contribution < -0.4 is 4.74 Å². The highest BCUT2D eigenvalue weighted by Gasteiger charge is 2.15. The van der Waals surface area contributed by atoms with Gasteiger partial charge in [0.15, 0.2) is 5.78 Å². The number of ketones is 1. The molecule has 3 nitrogen and oxygen atoms in total. The van der Waals surface area contributed by atoms with Crippen LogP contribution in [0.3, 0.4) is 0 Å². The molecule has 0 bridgehead atoms. The number of hydrogen-bond acceptors (Lipinski definition) is 3. The lowest BCUT2D eigenvalue weighted by atomic mass is 9.87. The van der Waals surface area contributed by atoms with Crippen LogP contribution in [-0.4, -0.2) is 11.8 Å². The van der Waals surface area contributed by atoms with Crippen LogP contribution in [0.15, 0.2) is 84.9 Å². The molecule has 0 aliphatic carbocycles. The van der Waals surface area contributed by atoms with Crippen LogP contribution in [0.5, 0.6) is 5.75 Å². The van der Waals surface area contributed by atoms with Gasteiger partial charge in [-0.05, 0) is 46.9 Å². The zero-order valence-electron chi connectivity index (χ0n) is 16.9. The summed E-state index contributed by atoms with van der Waals surface area (Å²) >= 11 is 0. The molecule has 29 heavy (non-hydrogen) atoms. The van der Waals surface area contributed by atoms with Gasteiger partial charge in [-0.15, -0.1) is 0 Å². The van der Waals surface area contributed by atoms with Crippen LogP contribution in [0.4, 0.5) is 0 Å². The Balaban J connectivity index is 1.62. The van der Waals surface area contributed by atoms with Gasteiger partial charge in [0.05, 0.1) is 5.56 Å². The minimum absolute atomic E-state index is 0.0354. The molecule has 3 aromatic rings. The van der Waals surface area contributed by atoms with Crippen molar-refractivity contribution < 1.29 is 14.3 Å². The van der Waals surface area contributed by atoms with Crippen LogP contribution in [0, 0.1) is 0 Å². The first-order chi connectivity index (χ1) is 13.8. The molecule has 3 rings (SSSR count). The van der Waals surface area contributed by atoms with Crippen molar-refractivity contribution in [1.29, 1.82) is 0 Å². The van der Waals surface area contributed by atoms with Crippen molar-refractivity contribution in [2.24, 2.45) is 0 Å². The Morgan fingerprint density at radius 2 is 1.38 bits per heavy atom. The van der Waals surface area contributed by atoms with Crippen molar-refractivity contribution in [1.82, 2.24) is 0 Å². The Morgan fingerprint density at radius 1 is 0.759 bits per heavy atom. The van der Waals surface area contributed by atoms with Gasteiger partial charge in [0.25, 0.3) is 0 Å². The SMILES string of the molecule is CC(C)(C)c1ccc(C(=O)Oc2ccc(/C=C\C(=O)c3ccccc3)cc2)cc1. The van der Waals surface area contributed by atoms with E-state index in [0.29, 0.717) is 16.9 Å². The fourth-order valence-corrected chi connectivity index (χ4v) is 2.79. The number of rotatable bonds is 5. The van der Waals surface area contributed by atoms with Crippen molar-refractivity contribution in [3.05, 3.63) is 107 Å². The second-order valence-electron chi connectivity index (χ2n) is 7.85. The smallest absolute Gasteiger partial charge is 0.343 e. The summed E-state index contributed by atoms with van der Waals surface area (Å²) in [5, 5.41) is 0. The number of benzene rings is 3. The molecule has 3 aromatic carbocycles.